The SMILES string of the molecule is CNc1ccc(-c2cnc3c(Nc4ccc(C(=O)NCC5CC[S+]([O-])CC5)c(Cl)c4)nccn23)c(F)c1F. The number of amides is 1. The van der Waals surface area contributed by atoms with Crippen LogP contribution in [0.5, 0.6) is 0 Å². The van der Waals surface area contributed by atoms with E-state index in [9.17, 15) is 18.1 Å². The lowest BCUT2D eigenvalue weighted by atomic mass is 10.0. The summed E-state index contributed by atoms with van der Waals surface area (Å²) >= 11 is 5.68. The molecule has 0 radical (unpaired) electrons. The van der Waals surface area contributed by atoms with Crippen molar-refractivity contribution in [2.45, 2.75) is 12.8 Å². The highest BCUT2D eigenvalue weighted by atomic mass is 35.5. The number of hydrogen-bond donors (Lipinski definition) is 3. The third kappa shape index (κ3) is 5.27. The molecule has 3 heterocycles. The number of halogens is 3. The average Bonchev–Trinajstić information content (AvgIpc) is 3.35. The van der Waals surface area contributed by atoms with E-state index in [0.29, 0.717) is 52.4 Å². The number of fused-ring (bicyclic) bond motifs is 1. The molecule has 1 fully saturated rings. The Morgan fingerprint density at radius 3 is 2.71 bits per heavy atom. The molecule has 1 aliphatic heterocycles. The number of imidazole rings is 1. The molecule has 2 aromatic heterocycles. The van der Waals surface area contributed by atoms with Crippen molar-refractivity contribution in [2.24, 2.45) is 5.92 Å². The van der Waals surface area contributed by atoms with E-state index in [1.807, 2.05) is 0 Å². The summed E-state index contributed by atoms with van der Waals surface area (Å²) in [4.78, 5) is 21.4. The Balaban J connectivity index is 1.33. The van der Waals surface area contributed by atoms with Gasteiger partial charge in [0, 0.05) is 37.2 Å². The molecule has 0 atom stereocenters. The van der Waals surface area contributed by atoms with Gasteiger partial charge in [0.1, 0.15) is 11.5 Å². The molecule has 12 heteroatoms. The maximum atomic E-state index is 14.8. The fourth-order valence-corrected chi connectivity index (χ4v) is 6.10. The quantitative estimate of drug-likeness (QED) is 0.276. The van der Waals surface area contributed by atoms with Gasteiger partial charge in [-0.05, 0) is 49.1 Å². The summed E-state index contributed by atoms with van der Waals surface area (Å²) in [7, 11) is 1.52. The van der Waals surface area contributed by atoms with E-state index in [2.05, 4.69) is 25.9 Å². The second-order valence-corrected chi connectivity index (χ2v) is 11.1. The number of benzene rings is 2. The molecule has 8 nitrogen and oxygen atoms in total. The van der Waals surface area contributed by atoms with Crippen LogP contribution < -0.4 is 16.0 Å². The molecule has 3 N–H and O–H groups in total. The summed E-state index contributed by atoms with van der Waals surface area (Å²) in [5, 5.41) is 8.93. The number of rotatable bonds is 7. The summed E-state index contributed by atoms with van der Waals surface area (Å²) in [5.74, 6) is -0.192. The monoisotopic (exact) mass is 558 g/mol. The molecular weight excluding hydrogens is 534 g/mol. The Morgan fingerprint density at radius 1 is 1.18 bits per heavy atom. The predicted molar refractivity (Wildman–Crippen MR) is 146 cm³/mol. The number of carbonyl (C=O) groups excluding carboxylic acids is 1. The number of nitrogens with one attached hydrogen (secondary N) is 3. The Bertz CT molecular complexity index is 1490. The van der Waals surface area contributed by atoms with Gasteiger partial charge in [-0.2, -0.15) is 0 Å². The van der Waals surface area contributed by atoms with Crippen molar-refractivity contribution >= 4 is 51.5 Å². The first-order valence-corrected chi connectivity index (χ1v) is 13.9. The minimum absolute atomic E-state index is 0.0600. The summed E-state index contributed by atoms with van der Waals surface area (Å²) in [5.41, 5.74) is 1.79. The minimum Gasteiger partial charge on any atom is -0.616 e. The standard InChI is InChI=1S/C26H25ClF2N6O2S/c1-30-20-5-4-18(22(28)23(20)29)21-14-32-25-24(31-8-9-35(21)25)34-16-2-3-17(19(27)12-16)26(36)33-13-15-6-10-38(37)11-7-15/h2-5,8-9,12,14-15,30H,6-7,10-11,13H2,1H3,(H,31,34)(H,33,36). The van der Waals surface area contributed by atoms with Gasteiger partial charge >= 0.3 is 0 Å². The maximum Gasteiger partial charge on any atom is 0.252 e. The molecule has 0 bridgehead atoms. The largest absolute Gasteiger partial charge is 0.616 e. The lowest BCUT2D eigenvalue weighted by Crippen LogP contribution is -2.34. The average molecular weight is 559 g/mol. The van der Waals surface area contributed by atoms with Crippen molar-refractivity contribution in [3.63, 3.8) is 0 Å². The molecule has 0 unspecified atom stereocenters. The van der Waals surface area contributed by atoms with Crippen LogP contribution in [-0.2, 0) is 11.2 Å². The second kappa shape index (κ2) is 11.1. The van der Waals surface area contributed by atoms with Gasteiger partial charge in [-0.3, -0.25) is 9.20 Å². The summed E-state index contributed by atoms with van der Waals surface area (Å²) in [6.07, 6.45) is 6.24. The van der Waals surface area contributed by atoms with Crippen LogP contribution in [0, 0.1) is 17.6 Å². The van der Waals surface area contributed by atoms with E-state index in [-0.39, 0.29) is 22.2 Å². The Labute approximate surface area is 226 Å². The maximum absolute atomic E-state index is 14.8. The summed E-state index contributed by atoms with van der Waals surface area (Å²) in [6, 6.07) is 7.88. The second-order valence-electron chi connectivity index (χ2n) is 8.97. The van der Waals surface area contributed by atoms with Gasteiger partial charge in [0.25, 0.3) is 5.91 Å². The molecule has 0 saturated carbocycles. The first-order valence-electron chi connectivity index (χ1n) is 12.0. The van der Waals surface area contributed by atoms with Gasteiger partial charge < -0.3 is 20.5 Å². The van der Waals surface area contributed by atoms with Crippen molar-refractivity contribution in [3.8, 4) is 11.3 Å². The van der Waals surface area contributed by atoms with Crippen molar-refractivity contribution in [2.75, 3.05) is 35.7 Å². The van der Waals surface area contributed by atoms with Gasteiger partial charge in [0.15, 0.2) is 23.1 Å². The molecule has 4 aromatic rings. The highest BCUT2D eigenvalue weighted by molar-refractivity contribution is 7.91. The van der Waals surface area contributed by atoms with Crippen LogP contribution in [-0.4, -0.2) is 49.9 Å². The predicted octanol–water partition coefficient (Wildman–Crippen LogP) is 5.00. The van der Waals surface area contributed by atoms with Crippen molar-refractivity contribution in [3.05, 3.63) is 71.1 Å². The summed E-state index contributed by atoms with van der Waals surface area (Å²) in [6.45, 7) is 0.517. The molecule has 1 saturated heterocycles. The number of hydrogen-bond acceptors (Lipinski definition) is 6. The van der Waals surface area contributed by atoms with Gasteiger partial charge in [-0.25, -0.2) is 18.7 Å². The number of carbonyl (C=O) groups is 1. The van der Waals surface area contributed by atoms with E-state index in [1.54, 1.807) is 28.8 Å². The van der Waals surface area contributed by atoms with Crippen molar-refractivity contribution in [1.82, 2.24) is 19.7 Å². The van der Waals surface area contributed by atoms with Crippen molar-refractivity contribution in [1.29, 1.82) is 0 Å². The third-order valence-electron chi connectivity index (χ3n) is 6.59. The zero-order valence-corrected chi connectivity index (χ0v) is 22.0. The van der Waals surface area contributed by atoms with E-state index in [0.717, 1.165) is 12.8 Å². The zero-order valence-electron chi connectivity index (χ0n) is 20.4. The van der Waals surface area contributed by atoms with Gasteiger partial charge in [0.05, 0.1) is 28.2 Å². The van der Waals surface area contributed by atoms with Crippen LogP contribution in [0.4, 0.5) is 26.0 Å². The molecule has 0 spiro atoms. The Kier molecular flexibility index (Phi) is 7.68. The number of aromatic nitrogens is 3. The zero-order chi connectivity index (χ0) is 26.8. The summed E-state index contributed by atoms with van der Waals surface area (Å²) < 4.78 is 42.3. The molecule has 5 rings (SSSR count). The van der Waals surface area contributed by atoms with Crippen LogP contribution in [0.3, 0.4) is 0 Å². The van der Waals surface area contributed by atoms with Crippen LogP contribution in [0.25, 0.3) is 16.9 Å². The lowest BCUT2D eigenvalue weighted by molar-refractivity contribution is 0.0946. The highest BCUT2D eigenvalue weighted by Crippen LogP contribution is 2.31. The molecule has 1 amide bonds. The van der Waals surface area contributed by atoms with E-state index in [4.69, 9.17) is 11.6 Å². The fourth-order valence-electron chi connectivity index (χ4n) is 4.44. The van der Waals surface area contributed by atoms with Crippen molar-refractivity contribution < 1.29 is 18.1 Å². The van der Waals surface area contributed by atoms with Crippen LogP contribution >= 0.6 is 11.6 Å². The van der Waals surface area contributed by atoms with Crippen LogP contribution in [0.1, 0.15) is 23.2 Å². The third-order valence-corrected chi connectivity index (χ3v) is 8.29. The van der Waals surface area contributed by atoms with Crippen LogP contribution in [0.15, 0.2) is 48.9 Å². The molecule has 2 aromatic carbocycles. The molecule has 38 heavy (non-hydrogen) atoms. The topological polar surface area (TPSA) is 106 Å². The van der Waals surface area contributed by atoms with Gasteiger partial charge in [0.2, 0.25) is 0 Å². The number of nitrogens with zero attached hydrogens (tertiary/aromatic N) is 3. The smallest absolute Gasteiger partial charge is 0.252 e. The Hall–Kier alpha value is -3.41. The van der Waals surface area contributed by atoms with Gasteiger partial charge in [-0.15, -0.1) is 0 Å². The van der Waals surface area contributed by atoms with E-state index in [1.165, 1.54) is 31.6 Å². The Morgan fingerprint density at radius 2 is 1.97 bits per heavy atom. The lowest BCUT2D eigenvalue weighted by Gasteiger charge is -2.24. The van der Waals surface area contributed by atoms with E-state index < -0.39 is 22.8 Å². The normalized spacial score (nSPS) is 17.4. The molecule has 0 aliphatic carbocycles. The fraction of sp³-hybridized carbons (Fsp3) is 0.269. The molecular formula is C26H25ClF2N6O2S. The van der Waals surface area contributed by atoms with E-state index >= 15 is 0 Å². The highest BCUT2D eigenvalue weighted by Gasteiger charge is 2.23. The first-order chi connectivity index (χ1) is 18.4. The van der Waals surface area contributed by atoms with Crippen LogP contribution in [0.2, 0.25) is 5.02 Å². The number of anilines is 3. The van der Waals surface area contributed by atoms with Gasteiger partial charge in [-0.1, -0.05) is 22.8 Å². The molecule has 1 aliphatic rings. The minimum atomic E-state index is -0.982. The molecule has 198 valence electrons. The first kappa shape index (κ1) is 26.2.